The summed E-state index contributed by atoms with van der Waals surface area (Å²) in [6.45, 7) is 4.23. The highest BCUT2D eigenvalue weighted by Crippen LogP contribution is 2.18. The molecular weight excluding hydrogens is 246 g/mol. The van der Waals surface area contributed by atoms with E-state index in [0.29, 0.717) is 32.1 Å². The molecule has 0 spiro atoms. The first-order valence-electron chi connectivity index (χ1n) is 6.38. The van der Waals surface area contributed by atoms with Crippen molar-refractivity contribution in [3.63, 3.8) is 0 Å². The van der Waals surface area contributed by atoms with Crippen LogP contribution in [-0.2, 0) is 9.53 Å². The van der Waals surface area contributed by atoms with Gasteiger partial charge in [0.25, 0.3) is 5.91 Å². The number of ether oxygens (including phenoxy) is 3. The molecule has 0 saturated carbocycles. The smallest absolute Gasteiger partial charge is 0.263 e. The fourth-order valence-electron chi connectivity index (χ4n) is 1.95. The average Bonchev–Trinajstić information content (AvgIpc) is 2.48. The molecule has 1 aromatic carbocycles. The molecule has 1 heterocycles. The average molecular weight is 265 g/mol. The van der Waals surface area contributed by atoms with E-state index >= 15 is 0 Å². The molecule has 2 rings (SSSR count). The van der Waals surface area contributed by atoms with Gasteiger partial charge in [0.1, 0.15) is 11.5 Å². The van der Waals surface area contributed by atoms with E-state index in [4.69, 9.17) is 14.2 Å². The monoisotopic (exact) mass is 265 g/mol. The topological polar surface area (TPSA) is 48.0 Å². The standard InChI is InChI=1S/C14H19NO4/c1-11(14(16)15-7-9-18-10-8-15)19-13-5-3-12(17-2)4-6-13/h3-6,11H,7-10H2,1-2H3/t11-/m1/s1. The molecule has 5 nitrogen and oxygen atoms in total. The van der Waals surface area contributed by atoms with Crippen molar-refractivity contribution in [3.8, 4) is 11.5 Å². The summed E-state index contributed by atoms with van der Waals surface area (Å²) in [5, 5.41) is 0. The van der Waals surface area contributed by atoms with E-state index in [-0.39, 0.29) is 5.91 Å². The molecule has 0 bridgehead atoms. The first-order valence-corrected chi connectivity index (χ1v) is 6.38. The number of carbonyl (C=O) groups is 1. The van der Waals surface area contributed by atoms with Gasteiger partial charge in [-0.2, -0.15) is 0 Å². The minimum absolute atomic E-state index is 0.000817. The predicted molar refractivity (Wildman–Crippen MR) is 70.5 cm³/mol. The molecule has 0 unspecified atom stereocenters. The van der Waals surface area contributed by atoms with Gasteiger partial charge in [0, 0.05) is 13.1 Å². The molecular formula is C14H19NO4. The van der Waals surface area contributed by atoms with Crippen molar-refractivity contribution < 1.29 is 19.0 Å². The number of morpholine rings is 1. The molecule has 19 heavy (non-hydrogen) atoms. The van der Waals surface area contributed by atoms with E-state index in [1.54, 1.807) is 43.2 Å². The Morgan fingerprint density at radius 3 is 2.37 bits per heavy atom. The van der Waals surface area contributed by atoms with Crippen molar-refractivity contribution >= 4 is 5.91 Å². The first kappa shape index (κ1) is 13.7. The number of hydrogen-bond acceptors (Lipinski definition) is 4. The van der Waals surface area contributed by atoms with Crippen LogP contribution in [0.15, 0.2) is 24.3 Å². The van der Waals surface area contributed by atoms with Crippen LogP contribution in [0.2, 0.25) is 0 Å². The number of benzene rings is 1. The highest BCUT2D eigenvalue weighted by atomic mass is 16.5. The molecule has 0 radical (unpaired) electrons. The lowest BCUT2D eigenvalue weighted by molar-refractivity contribution is -0.142. The highest BCUT2D eigenvalue weighted by Gasteiger charge is 2.23. The maximum absolute atomic E-state index is 12.1. The number of amides is 1. The Morgan fingerprint density at radius 2 is 1.79 bits per heavy atom. The summed E-state index contributed by atoms with van der Waals surface area (Å²) in [7, 11) is 1.61. The molecule has 1 aliphatic rings. The number of nitrogens with zero attached hydrogens (tertiary/aromatic N) is 1. The Kier molecular flexibility index (Phi) is 4.63. The van der Waals surface area contributed by atoms with E-state index in [1.165, 1.54) is 0 Å². The number of rotatable bonds is 4. The Morgan fingerprint density at radius 1 is 1.21 bits per heavy atom. The summed E-state index contributed by atoms with van der Waals surface area (Å²) in [5.74, 6) is 1.42. The van der Waals surface area contributed by atoms with Crippen molar-refractivity contribution in [2.45, 2.75) is 13.0 Å². The van der Waals surface area contributed by atoms with Crippen molar-refractivity contribution in [2.75, 3.05) is 33.4 Å². The van der Waals surface area contributed by atoms with E-state index in [2.05, 4.69) is 0 Å². The maximum atomic E-state index is 12.1. The van der Waals surface area contributed by atoms with Crippen LogP contribution in [-0.4, -0.2) is 50.3 Å². The van der Waals surface area contributed by atoms with Gasteiger partial charge >= 0.3 is 0 Å². The predicted octanol–water partition coefficient (Wildman–Crippen LogP) is 1.32. The van der Waals surface area contributed by atoms with Crippen molar-refractivity contribution in [1.29, 1.82) is 0 Å². The fraction of sp³-hybridized carbons (Fsp3) is 0.500. The van der Waals surface area contributed by atoms with E-state index in [1.807, 2.05) is 0 Å². The third-order valence-electron chi connectivity index (χ3n) is 3.04. The molecule has 104 valence electrons. The van der Waals surface area contributed by atoms with Crippen LogP contribution in [0.4, 0.5) is 0 Å². The zero-order valence-corrected chi connectivity index (χ0v) is 11.3. The lowest BCUT2D eigenvalue weighted by atomic mass is 10.3. The van der Waals surface area contributed by atoms with Gasteiger partial charge in [0.15, 0.2) is 6.10 Å². The quantitative estimate of drug-likeness (QED) is 0.824. The van der Waals surface area contributed by atoms with Crippen LogP contribution in [0.25, 0.3) is 0 Å². The van der Waals surface area contributed by atoms with Crippen molar-refractivity contribution in [3.05, 3.63) is 24.3 Å². The zero-order chi connectivity index (χ0) is 13.7. The Bertz CT molecular complexity index is 412. The molecule has 5 heteroatoms. The molecule has 0 aromatic heterocycles. The molecule has 1 atom stereocenters. The van der Waals surface area contributed by atoms with E-state index < -0.39 is 6.10 Å². The first-order chi connectivity index (χ1) is 9.20. The molecule has 1 aromatic rings. The minimum Gasteiger partial charge on any atom is -0.497 e. The summed E-state index contributed by atoms with van der Waals surface area (Å²) in [6.07, 6.45) is -0.494. The third kappa shape index (κ3) is 3.61. The van der Waals surface area contributed by atoms with Gasteiger partial charge in [-0.05, 0) is 31.2 Å². The largest absolute Gasteiger partial charge is 0.497 e. The van der Waals surface area contributed by atoms with Crippen molar-refractivity contribution in [2.24, 2.45) is 0 Å². The lowest BCUT2D eigenvalue weighted by Crippen LogP contribution is -2.46. The molecule has 1 amide bonds. The highest BCUT2D eigenvalue weighted by molar-refractivity contribution is 5.81. The summed E-state index contributed by atoms with van der Waals surface area (Å²) in [4.78, 5) is 13.9. The van der Waals surface area contributed by atoms with Gasteiger partial charge in [-0.1, -0.05) is 0 Å². The summed E-state index contributed by atoms with van der Waals surface area (Å²) < 4.78 is 15.9. The van der Waals surface area contributed by atoms with Crippen LogP contribution < -0.4 is 9.47 Å². The molecule has 1 fully saturated rings. The van der Waals surface area contributed by atoms with Gasteiger partial charge in [-0.3, -0.25) is 4.79 Å². The second-order valence-electron chi connectivity index (χ2n) is 4.37. The SMILES string of the molecule is COc1ccc(O[C@H](C)C(=O)N2CCOCC2)cc1. The molecule has 0 N–H and O–H groups in total. The van der Waals surface area contributed by atoms with Gasteiger partial charge in [0.05, 0.1) is 20.3 Å². The summed E-state index contributed by atoms with van der Waals surface area (Å²) in [6, 6.07) is 7.20. The van der Waals surface area contributed by atoms with Crippen LogP contribution >= 0.6 is 0 Å². The van der Waals surface area contributed by atoms with Crippen LogP contribution in [0, 0.1) is 0 Å². The molecule has 1 aliphatic heterocycles. The van der Waals surface area contributed by atoms with E-state index in [9.17, 15) is 4.79 Å². The Hall–Kier alpha value is -1.75. The third-order valence-corrected chi connectivity index (χ3v) is 3.04. The molecule has 0 aliphatic carbocycles. The van der Waals surface area contributed by atoms with Crippen LogP contribution in [0.1, 0.15) is 6.92 Å². The minimum atomic E-state index is -0.494. The normalized spacial score (nSPS) is 16.8. The van der Waals surface area contributed by atoms with E-state index in [0.717, 1.165) is 5.75 Å². The van der Waals surface area contributed by atoms with Gasteiger partial charge < -0.3 is 19.1 Å². The second kappa shape index (κ2) is 6.43. The molecule has 1 saturated heterocycles. The second-order valence-corrected chi connectivity index (χ2v) is 4.37. The number of methoxy groups -OCH3 is 1. The van der Waals surface area contributed by atoms with Crippen LogP contribution in [0.3, 0.4) is 0 Å². The van der Waals surface area contributed by atoms with Gasteiger partial charge in [-0.15, -0.1) is 0 Å². The number of hydrogen-bond donors (Lipinski definition) is 0. The maximum Gasteiger partial charge on any atom is 0.263 e. The summed E-state index contributed by atoms with van der Waals surface area (Å²) in [5.41, 5.74) is 0. The Balaban J connectivity index is 1.91. The van der Waals surface area contributed by atoms with Gasteiger partial charge in [-0.25, -0.2) is 0 Å². The van der Waals surface area contributed by atoms with Gasteiger partial charge in [0.2, 0.25) is 0 Å². The number of carbonyl (C=O) groups excluding carboxylic acids is 1. The Labute approximate surface area is 113 Å². The van der Waals surface area contributed by atoms with Crippen LogP contribution in [0.5, 0.6) is 11.5 Å². The lowest BCUT2D eigenvalue weighted by Gasteiger charge is -2.29. The summed E-state index contributed by atoms with van der Waals surface area (Å²) >= 11 is 0. The zero-order valence-electron chi connectivity index (χ0n) is 11.3. The van der Waals surface area contributed by atoms with Crippen molar-refractivity contribution in [1.82, 2.24) is 4.90 Å². The fourth-order valence-corrected chi connectivity index (χ4v) is 1.95.